The fourth-order valence-electron chi connectivity index (χ4n) is 1.61. The number of nitrogens with one attached hydrogen (secondary N) is 1. The van der Waals surface area contributed by atoms with Crippen LogP contribution in [0.15, 0.2) is 24.3 Å². The summed E-state index contributed by atoms with van der Waals surface area (Å²) >= 11 is 6.00. The van der Waals surface area contributed by atoms with Crippen LogP contribution in [0.2, 0.25) is 5.02 Å². The van der Waals surface area contributed by atoms with Gasteiger partial charge in [-0.25, -0.2) is 0 Å². The molecule has 1 rings (SSSR count). The number of benzene rings is 1. The zero-order valence-electron chi connectivity index (χ0n) is 12.1. The molecule has 0 spiro atoms. The number of halogens is 1. The minimum absolute atomic E-state index is 0.205. The van der Waals surface area contributed by atoms with E-state index in [0.29, 0.717) is 24.7 Å². The average molecular weight is 302 g/mol. The van der Waals surface area contributed by atoms with Crippen molar-refractivity contribution in [1.82, 2.24) is 5.32 Å². The van der Waals surface area contributed by atoms with Crippen LogP contribution in [0, 0.1) is 5.92 Å². The van der Waals surface area contributed by atoms with Crippen molar-refractivity contribution in [3.05, 3.63) is 34.9 Å². The maximum absolute atomic E-state index is 9.75. The zero-order valence-corrected chi connectivity index (χ0v) is 12.8. The standard InChI is InChI=1S/C15H24ClNO3/c1-11(2)15(19)8-17-7-13(18)10-20-9-12-5-3-4-6-14(12)16/h3-6,11,13,15,17-19H,7-10H2,1-2H3. The molecule has 1 aromatic rings. The first-order chi connectivity index (χ1) is 9.50. The van der Waals surface area contributed by atoms with Crippen molar-refractivity contribution >= 4 is 11.6 Å². The Morgan fingerprint density at radius 3 is 2.55 bits per heavy atom. The molecule has 0 saturated carbocycles. The van der Waals surface area contributed by atoms with E-state index in [-0.39, 0.29) is 12.5 Å². The highest BCUT2D eigenvalue weighted by Gasteiger charge is 2.10. The third kappa shape index (κ3) is 6.68. The first-order valence-electron chi connectivity index (χ1n) is 6.88. The van der Waals surface area contributed by atoms with Crippen LogP contribution in [0.25, 0.3) is 0 Å². The van der Waals surface area contributed by atoms with Crippen LogP contribution < -0.4 is 5.32 Å². The SMILES string of the molecule is CC(C)C(O)CNCC(O)COCc1ccccc1Cl. The fourth-order valence-corrected chi connectivity index (χ4v) is 1.80. The normalized spacial score (nSPS) is 14.5. The lowest BCUT2D eigenvalue weighted by Gasteiger charge is -2.17. The van der Waals surface area contributed by atoms with Crippen LogP contribution in [-0.4, -0.2) is 42.1 Å². The number of hydrogen-bond donors (Lipinski definition) is 3. The van der Waals surface area contributed by atoms with Gasteiger partial charge in [-0.1, -0.05) is 43.6 Å². The van der Waals surface area contributed by atoms with E-state index in [4.69, 9.17) is 16.3 Å². The Labute approximate surface area is 125 Å². The van der Waals surface area contributed by atoms with Gasteiger partial charge in [0.15, 0.2) is 0 Å². The summed E-state index contributed by atoms with van der Waals surface area (Å²) in [6, 6.07) is 7.47. The molecule has 0 radical (unpaired) electrons. The first kappa shape index (κ1) is 17.4. The van der Waals surface area contributed by atoms with E-state index in [2.05, 4.69) is 5.32 Å². The van der Waals surface area contributed by atoms with Crippen molar-refractivity contribution in [3.8, 4) is 0 Å². The predicted molar refractivity (Wildman–Crippen MR) is 80.8 cm³/mol. The molecular weight excluding hydrogens is 278 g/mol. The third-order valence-electron chi connectivity index (χ3n) is 3.03. The number of aliphatic hydroxyl groups is 2. The Hall–Kier alpha value is -0.650. The number of aliphatic hydroxyl groups excluding tert-OH is 2. The lowest BCUT2D eigenvalue weighted by Crippen LogP contribution is -2.37. The molecule has 0 saturated heterocycles. The zero-order chi connectivity index (χ0) is 15.0. The van der Waals surface area contributed by atoms with Gasteiger partial charge in [-0.3, -0.25) is 0 Å². The second kappa shape index (κ2) is 9.32. The van der Waals surface area contributed by atoms with E-state index in [0.717, 1.165) is 5.56 Å². The molecule has 5 heteroatoms. The summed E-state index contributed by atoms with van der Waals surface area (Å²) in [6.07, 6.45) is -0.997. The maximum Gasteiger partial charge on any atom is 0.0897 e. The Morgan fingerprint density at radius 2 is 1.90 bits per heavy atom. The second-order valence-electron chi connectivity index (χ2n) is 5.23. The van der Waals surface area contributed by atoms with Gasteiger partial charge in [-0.15, -0.1) is 0 Å². The van der Waals surface area contributed by atoms with E-state index < -0.39 is 12.2 Å². The number of hydrogen-bond acceptors (Lipinski definition) is 4. The number of ether oxygens (including phenoxy) is 1. The molecule has 4 nitrogen and oxygen atoms in total. The molecule has 0 aromatic heterocycles. The molecule has 0 aliphatic rings. The molecule has 2 unspecified atom stereocenters. The van der Waals surface area contributed by atoms with Crippen LogP contribution in [0.1, 0.15) is 19.4 Å². The molecule has 3 N–H and O–H groups in total. The highest BCUT2D eigenvalue weighted by Crippen LogP contribution is 2.15. The van der Waals surface area contributed by atoms with Gasteiger partial charge in [0, 0.05) is 18.1 Å². The maximum atomic E-state index is 9.75. The van der Waals surface area contributed by atoms with Gasteiger partial charge in [-0.05, 0) is 17.5 Å². The van der Waals surface area contributed by atoms with E-state index in [1.165, 1.54) is 0 Å². The van der Waals surface area contributed by atoms with E-state index in [9.17, 15) is 10.2 Å². The highest BCUT2D eigenvalue weighted by atomic mass is 35.5. The highest BCUT2D eigenvalue weighted by molar-refractivity contribution is 6.31. The van der Waals surface area contributed by atoms with Crippen LogP contribution in [-0.2, 0) is 11.3 Å². The fraction of sp³-hybridized carbons (Fsp3) is 0.600. The quantitative estimate of drug-likeness (QED) is 0.651. The summed E-state index contributed by atoms with van der Waals surface area (Å²) in [5, 5.41) is 23.0. The van der Waals surface area contributed by atoms with Crippen LogP contribution in [0.5, 0.6) is 0 Å². The molecule has 0 aliphatic carbocycles. The van der Waals surface area contributed by atoms with Crippen molar-refractivity contribution in [2.75, 3.05) is 19.7 Å². The Balaban J connectivity index is 2.14. The average Bonchev–Trinajstić information content (AvgIpc) is 2.40. The van der Waals surface area contributed by atoms with Crippen molar-refractivity contribution in [2.24, 2.45) is 5.92 Å². The van der Waals surface area contributed by atoms with Crippen molar-refractivity contribution < 1.29 is 14.9 Å². The second-order valence-corrected chi connectivity index (χ2v) is 5.64. The first-order valence-corrected chi connectivity index (χ1v) is 7.26. The third-order valence-corrected chi connectivity index (χ3v) is 3.40. The van der Waals surface area contributed by atoms with Crippen LogP contribution in [0.4, 0.5) is 0 Å². The molecule has 0 bridgehead atoms. The summed E-state index contributed by atoms with van der Waals surface area (Å²) in [6.45, 7) is 5.39. The molecule has 0 fully saturated rings. The smallest absolute Gasteiger partial charge is 0.0897 e. The van der Waals surface area contributed by atoms with Crippen molar-refractivity contribution in [1.29, 1.82) is 0 Å². The monoisotopic (exact) mass is 301 g/mol. The van der Waals surface area contributed by atoms with Gasteiger partial charge in [0.05, 0.1) is 25.4 Å². The number of rotatable bonds is 9. The van der Waals surface area contributed by atoms with Gasteiger partial charge in [0.2, 0.25) is 0 Å². The summed E-state index contributed by atoms with van der Waals surface area (Å²) in [5.74, 6) is 0.205. The van der Waals surface area contributed by atoms with Gasteiger partial charge in [0.25, 0.3) is 0 Å². The Morgan fingerprint density at radius 1 is 1.20 bits per heavy atom. The summed E-state index contributed by atoms with van der Waals surface area (Å²) in [4.78, 5) is 0. The minimum atomic E-state index is -0.600. The topological polar surface area (TPSA) is 61.7 Å². The largest absolute Gasteiger partial charge is 0.392 e. The molecule has 2 atom stereocenters. The Bertz CT molecular complexity index is 387. The minimum Gasteiger partial charge on any atom is -0.392 e. The molecule has 114 valence electrons. The molecule has 1 aromatic carbocycles. The lowest BCUT2D eigenvalue weighted by atomic mass is 10.1. The molecule has 0 amide bonds. The molecular formula is C15H24ClNO3. The Kier molecular flexibility index (Phi) is 8.11. The van der Waals surface area contributed by atoms with Crippen LogP contribution in [0.3, 0.4) is 0 Å². The van der Waals surface area contributed by atoms with Gasteiger partial charge in [-0.2, -0.15) is 0 Å². The molecule has 0 heterocycles. The van der Waals surface area contributed by atoms with Gasteiger partial charge < -0.3 is 20.3 Å². The van der Waals surface area contributed by atoms with Gasteiger partial charge >= 0.3 is 0 Å². The molecule has 20 heavy (non-hydrogen) atoms. The lowest BCUT2D eigenvalue weighted by molar-refractivity contribution is 0.0264. The van der Waals surface area contributed by atoms with E-state index in [1.54, 1.807) is 0 Å². The summed E-state index contributed by atoms with van der Waals surface area (Å²) in [7, 11) is 0. The van der Waals surface area contributed by atoms with Crippen molar-refractivity contribution in [2.45, 2.75) is 32.7 Å². The summed E-state index contributed by atoms with van der Waals surface area (Å²) in [5.41, 5.74) is 0.907. The van der Waals surface area contributed by atoms with Gasteiger partial charge in [0.1, 0.15) is 0 Å². The van der Waals surface area contributed by atoms with Crippen LogP contribution >= 0.6 is 11.6 Å². The van der Waals surface area contributed by atoms with E-state index in [1.807, 2.05) is 38.1 Å². The van der Waals surface area contributed by atoms with Crippen molar-refractivity contribution in [3.63, 3.8) is 0 Å². The predicted octanol–water partition coefficient (Wildman–Crippen LogP) is 1.82. The van der Waals surface area contributed by atoms with E-state index >= 15 is 0 Å². The molecule has 0 aliphatic heterocycles. The summed E-state index contributed by atoms with van der Waals surface area (Å²) < 4.78 is 5.43.